The van der Waals surface area contributed by atoms with E-state index in [1.54, 1.807) is 7.11 Å². The molecule has 2 fully saturated rings. The normalized spacial score (nSPS) is 21.7. The van der Waals surface area contributed by atoms with Crippen molar-refractivity contribution in [3.63, 3.8) is 0 Å². The number of allylic oxidation sites excluding steroid dienone is 2. The summed E-state index contributed by atoms with van der Waals surface area (Å²) in [5.41, 5.74) is 3.60. The fraction of sp³-hybridized carbons (Fsp3) is 0.634. The summed E-state index contributed by atoms with van der Waals surface area (Å²) in [4.78, 5) is 18.9. The molecule has 0 aliphatic carbocycles. The number of hydrogen-bond acceptors (Lipinski definition) is 7. The van der Waals surface area contributed by atoms with Crippen molar-refractivity contribution in [3.8, 4) is 23.0 Å². The van der Waals surface area contributed by atoms with Crippen LogP contribution in [0.5, 0.6) is 23.0 Å². The number of nitrogens with zero attached hydrogens (tertiary/aromatic N) is 2. The predicted octanol–water partition coefficient (Wildman–Crippen LogP) is 8.98. The summed E-state index contributed by atoms with van der Waals surface area (Å²) < 4.78 is 25.0. The Kier molecular flexibility index (Phi) is 13.7. The van der Waals surface area contributed by atoms with E-state index in [2.05, 4.69) is 43.6 Å². The number of piperidine rings is 2. The van der Waals surface area contributed by atoms with Crippen LogP contribution in [0.4, 0.5) is 0 Å². The van der Waals surface area contributed by atoms with Crippen LogP contribution in [-0.4, -0.2) is 74.2 Å². The number of rotatable bonds is 16. The summed E-state index contributed by atoms with van der Waals surface area (Å²) in [6.45, 7) is 14.9. The van der Waals surface area contributed by atoms with Gasteiger partial charge in [0.1, 0.15) is 34.7 Å². The van der Waals surface area contributed by atoms with Gasteiger partial charge in [-0.15, -0.1) is 0 Å². The lowest BCUT2D eigenvalue weighted by molar-refractivity contribution is 0.0841. The third-order valence-electron chi connectivity index (χ3n) is 10.5. The molecule has 0 radical (unpaired) electrons. The smallest absolute Gasteiger partial charge is 0.174 e. The third kappa shape index (κ3) is 9.78. The zero-order valence-electron chi connectivity index (χ0n) is 30.4. The largest absolute Gasteiger partial charge is 0.496 e. The van der Waals surface area contributed by atoms with Crippen LogP contribution in [0.25, 0.3) is 0 Å². The van der Waals surface area contributed by atoms with Crippen molar-refractivity contribution in [3.05, 3.63) is 58.7 Å². The Morgan fingerprint density at radius 1 is 0.854 bits per heavy atom. The van der Waals surface area contributed by atoms with Crippen LogP contribution >= 0.6 is 0 Å². The zero-order valence-corrected chi connectivity index (χ0v) is 30.4. The molecule has 3 aliphatic heterocycles. The van der Waals surface area contributed by atoms with Gasteiger partial charge in [0.05, 0.1) is 26.7 Å². The highest BCUT2D eigenvalue weighted by atomic mass is 16.5. The molecule has 0 bridgehead atoms. The Morgan fingerprint density at radius 2 is 1.48 bits per heavy atom. The molecule has 264 valence electrons. The average Bonchev–Trinajstić information content (AvgIpc) is 3.08. The third-order valence-corrected chi connectivity index (χ3v) is 10.5. The first-order valence-electron chi connectivity index (χ1n) is 18.7. The van der Waals surface area contributed by atoms with E-state index in [1.807, 2.05) is 30.3 Å². The molecule has 0 saturated carbocycles. The Morgan fingerprint density at radius 3 is 2.06 bits per heavy atom. The molecule has 0 spiro atoms. The van der Waals surface area contributed by atoms with Crippen LogP contribution in [0.2, 0.25) is 0 Å². The van der Waals surface area contributed by atoms with E-state index >= 15 is 0 Å². The Labute approximate surface area is 290 Å². The van der Waals surface area contributed by atoms with Crippen LogP contribution in [0.1, 0.15) is 126 Å². The number of benzene rings is 2. The van der Waals surface area contributed by atoms with Crippen molar-refractivity contribution in [2.24, 2.45) is 0 Å². The molecule has 2 aromatic rings. The Hall–Kier alpha value is -3.03. The van der Waals surface area contributed by atoms with Crippen LogP contribution in [0, 0.1) is 0 Å². The Bertz CT molecular complexity index is 1350. The molecule has 48 heavy (non-hydrogen) atoms. The predicted molar refractivity (Wildman–Crippen MR) is 194 cm³/mol. The van der Waals surface area contributed by atoms with Crippen molar-refractivity contribution in [1.29, 1.82) is 0 Å². The topological polar surface area (TPSA) is 60.5 Å². The minimum Gasteiger partial charge on any atom is -0.496 e. The van der Waals surface area contributed by atoms with Crippen molar-refractivity contribution in [2.45, 2.75) is 123 Å². The molecule has 0 amide bonds. The molecule has 7 nitrogen and oxygen atoms in total. The van der Waals surface area contributed by atoms with Gasteiger partial charge in [0.25, 0.3) is 0 Å². The van der Waals surface area contributed by atoms with Crippen molar-refractivity contribution < 1.29 is 23.7 Å². The number of carbonyl (C=O) groups is 1. The molecule has 3 aliphatic rings. The van der Waals surface area contributed by atoms with E-state index in [9.17, 15) is 4.79 Å². The fourth-order valence-electron chi connectivity index (χ4n) is 7.44. The fourth-order valence-corrected chi connectivity index (χ4v) is 7.44. The molecular weight excluding hydrogens is 600 g/mol. The molecule has 2 aromatic carbocycles. The second kappa shape index (κ2) is 18.1. The van der Waals surface area contributed by atoms with Crippen LogP contribution in [0.3, 0.4) is 0 Å². The number of unbranched alkanes of at least 4 members (excludes halogenated alkanes) is 2. The molecule has 0 aromatic heterocycles. The highest BCUT2D eigenvalue weighted by Crippen LogP contribution is 2.46. The van der Waals surface area contributed by atoms with Gasteiger partial charge in [-0.3, -0.25) is 4.79 Å². The molecule has 3 unspecified atom stereocenters. The van der Waals surface area contributed by atoms with E-state index in [0.29, 0.717) is 48.8 Å². The monoisotopic (exact) mass is 660 g/mol. The van der Waals surface area contributed by atoms with Crippen molar-refractivity contribution >= 4 is 5.78 Å². The lowest BCUT2D eigenvalue weighted by Gasteiger charge is -2.33. The highest BCUT2D eigenvalue weighted by molar-refractivity contribution is 6.03. The summed E-state index contributed by atoms with van der Waals surface area (Å²) in [5.74, 6) is 2.73. The first-order valence-corrected chi connectivity index (χ1v) is 18.7. The lowest BCUT2D eigenvalue weighted by Crippen LogP contribution is -2.38. The SMILES string of the molecule is COc1cc(OCCCCN2CCCCC2C)c(CC=C(C)C)c2c1C(=O)CC(c1ccc(OCCCCN3CCCCC3C)cc1)O2. The van der Waals surface area contributed by atoms with Crippen LogP contribution in [-0.2, 0) is 6.42 Å². The van der Waals surface area contributed by atoms with E-state index in [-0.39, 0.29) is 18.3 Å². The number of ether oxygens (including phenoxy) is 4. The average molecular weight is 661 g/mol. The van der Waals surface area contributed by atoms with Crippen molar-refractivity contribution in [2.75, 3.05) is 46.5 Å². The van der Waals surface area contributed by atoms with Gasteiger partial charge in [-0.25, -0.2) is 0 Å². The number of hydrogen-bond donors (Lipinski definition) is 0. The van der Waals surface area contributed by atoms with E-state index < -0.39 is 0 Å². The minimum absolute atomic E-state index is 0.0297. The minimum atomic E-state index is -0.387. The van der Waals surface area contributed by atoms with E-state index in [1.165, 1.54) is 57.2 Å². The maximum absolute atomic E-state index is 13.7. The van der Waals surface area contributed by atoms with Gasteiger partial charge in [-0.1, -0.05) is 36.6 Å². The summed E-state index contributed by atoms with van der Waals surface area (Å²) >= 11 is 0. The quantitative estimate of drug-likeness (QED) is 0.132. The maximum Gasteiger partial charge on any atom is 0.174 e. The summed E-state index contributed by atoms with van der Waals surface area (Å²) in [7, 11) is 1.61. The number of fused-ring (bicyclic) bond motifs is 1. The standard InChI is InChI=1S/C41H60N2O5/c1-30(2)16-21-35-38(47-27-13-11-25-43-23-9-7-15-32(43)4)29-39(45-5)40-36(44)28-37(48-41(35)40)33-17-19-34(20-18-33)46-26-12-10-24-42-22-8-6-14-31(42)3/h16-20,29,31-32,37H,6-15,21-28H2,1-5H3. The molecular formula is C41H60N2O5. The van der Waals surface area contributed by atoms with Crippen LogP contribution in [0.15, 0.2) is 42.0 Å². The van der Waals surface area contributed by atoms with Gasteiger partial charge < -0.3 is 28.7 Å². The first kappa shape index (κ1) is 36.3. The molecule has 7 heteroatoms. The van der Waals surface area contributed by atoms with Gasteiger partial charge in [-0.05, 0) is 129 Å². The van der Waals surface area contributed by atoms with Gasteiger partial charge in [0.15, 0.2) is 5.78 Å². The number of carbonyl (C=O) groups excluding carboxylic acids is 1. The number of likely N-dealkylation sites (tertiary alicyclic amines) is 2. The Balaban J connectivity index is 1.22. The van der Waals surface area contributed by atoms with Gasteiger partial charge in [-0.2, -0.15) is 0 Å². The summed E-state index contributed by atoms with van der Waals surface area (Å²) in [5, 5.41) is 0. The molecule has 3 heterocycles. The maximum atomic E-state index is 13.7. The first-order chi connectivity index (χ1) is 23.3. The number of ketones is 1. The van der Waals surface area contributed by atoms with Crippen LogP contribution < -0.4 is 18.9 Å². The summed E-state index contributed by atoms with van der Waals surface area (Å²) in [6, 6.07) is 11.3. The molecule has 5 rings (SSSR count). The number of methoxy groups -OCH3 is 1. The second-order valence-electron chi connectivity index (χ2n) is 14.4. The van der Waals surface area contributed by atoms with Gasteiger partial charge in [0.2, 0.25) is 0 Å². The molecule has 3 atom stereocenters. The molecule has 2 saturated heterocycles. The van der Waals surface area contributed by atoms with Gasteiger partial charge in [0, 0.05) is 23.7 Å². The lowest BCUT2D eigenvalue weighted by atomic mass is 9.92. The molecule has 0 N–H and O–H groups in total. The number of Topliss-reactive ketones (excluding diaryl/α,β-unsaturated/α-hetero) is 1. The zero-order chi connectivity index (χ0) is 33.9. The van der Waals surface area contributed by atoms with Crippen molar-refractivity contribution in [1.82, 2.24) is 9.80 Å². The second-order valence-corrected chi connectivity index (χ2v) is 14.4. The summed E-state index contributed by atoms with van der Waals surface area (Å²) in [6.07, 6.45) is 14.9. The van der Waals surface area contributed by atoms with E-state index in [4.69, 9.17) is 18.9 Å². The van der Waals surface area contributed by atoms with E-state index in [0.717, 1.165) is 61.4 Å². The highest BCUT2D eigenvalue weighted by Gasteiger charge is 2.34. The van der Waals surface area contributed by atoms with Gasteiger partial charge >= 0.3 is 0 Å².